The minimum absolute atomic E-state index is 0.00561. The number of nitrogens with one attached hydrogen (secondary N) is 2. The molecule has 106 valence electrons. The number of amides is 2. The van der Waals surface area contributed by atoms with Gasteiger partial charge in [0.25, 0.3) is 0 Å². The van der Waals surface area contributed by atoms with Crippen molar-refractivity contribution in [1.82, 2.24) is 5.32 Å². The summed E-state index contributed by atoms with van der Waals surface area (Å²) < 4.78 is 35.6. The Morgan fingerprint density at radius 1 is 1.16 bits per heavy atom. The Balaban J connectivity index is 2.16. The Labute approximate surface area is 109 Å². The summed E-state index contributed by atoms with van der Waals surface area (Å²) in [7, 11) is 0. The highest BCUT2D eigenvalue weighted by Gasteiger charge is 2.25. The molecule has 0 bridgehead atoms. The number of alkyl halides is 3. The van der Waals surface area contributed by atoms with Crippen LogP contribution in [0.4, 0.5) is 29.3 Å². The highest BCUT2D eigenvalue weighted by atomic mass is 19.4. The molecule has 0 aliphatic rings. The average Bonchev–Trinajstić information content (AvgIpc) is 2.30. The molecule has 0 aliphatic heterocycles. The first-order valence-corrected chi connectivity index (χ1v) is 5.84. The second kappa shape index (κ2) is 6.86. The molecule has 2 amide bonds. The van der Waals surface area contributed by atoms with Crippen LogP contribution in [0, 0.1) is 0 Å². The molecule has 0 aromatic heterocycles. The fraction of sp³-hybridized carbons (Fsp3) is 0.417. The zero-order chi connectivity index (χ0) is 14.3. The first kappa shape index (κ1) is 15.1. The molecule has 0 radical (unpaired) electrons. The summed E-state index contributed by atoms with van der Waals surface area (Å²) in [6.45, 7) is 0.205. The number of carbonyl (C=O) groups is 1. The van der Waals surface area contributed by atoms with Gasteiger partial charge in [-0.05, 0) is 37.1 Å². The van der Waals surface area contributed by atoms with Gasteiger partial charge in [-0.3, -0.25) is 0 Å². The van der Waals surface area contributed by atoms with Gasteiger partial charge in [0.15, 0.2) is 0 Å². The molecule has 7 heteroatoms. The lowest BCUT2D eigenvalue weighted by molar-refractivity contribution is -0.135. The van der Waals surface area contributed by atoms with Gasteiger partial charge >= 0.3 is 12.2 Å². The van der Waals surface area contributed by atoms with Crippen LogP contribution in [-0.2, 0) is 0 Å². The van der Waals surface area contributed by atoms with Gasteiger partial charge in [-0.1, -0.05) is 0 Å². The summed E-state index contributed by atoms with van der Waals surface area (Å²) in [6.07, 6.45) is -4.67. The number of hydrogen-bond acceptors (Lipinski definition) is 2. The van der Waals surface area contributed by atoms with Crippen molar-refractivity contribution in [3.63, 3.8) is 0 Å². The van der Waals surface area contributed by atoms with Crippen molar-refractivity contribution in [3.8, 4) is 0 Å². The predicted octanol–water partition coefficient (Wildman–Crippen LogP) is 3.12. The van der Waals surface area contributed by atoms with Crippen LogP contribution in [0.3, 0.4) is 0 Å². The maximum Gasteiger partial charge on any atom is 0.389 e. The van der Waals surface area contributed by atoms with E-state index in [2.05, 4.69) is 10.6 Å². The van der Waals surface area contributed by atoms with Gasteiger partial charge in [-0.15, -0.1) is 0 Å². The van der Waals surface area contributed by atoms with Gasteiger partial charge in [-0.2, -0.15) is 13.2 Å². The van der Waals surface area contributed by atoms with Crippen LogP contribution < -0.4 is 16.4 Å². The molecule has 0 saturated heterocycles. The van der Waals surface area contributed by atoms with E-state index in [9.17, 15) is 18.0 Å². The lowest BCUT2D eigenvalue weighted by Crippen LogP contribution is -2.29. The Bertz CT molecular complexity index is 404. The highest BCUT2D eigenvalue weighted by Crippen LogP contribution is 2.21. The van der Waals surface area contributed by atoms with Crippen molar-refractivity contribution in [2.24, 2.45) is 0 Å². The molecule has 4 nitrogen and oxygen atoms in total. The van der Waals surface area contributed by atoms with E-state index in [1.54, 1.807) is 24.3 Å². The van der Waals surface area contributed by atoms with E-state index in [0.29, 0.717) is 11.4 Å². The largest absolute Gasteiger partial charge is 0.399 e. The number of nitrogens with two attached hydrogens (primary N) is 1. The van der Waals surface area contributed by atoms with E-state index in [1.807, 2.05) is 0 Å². The molecular formula is C12H16F3N3O. The van der Waals surface area contributed by atoms with Gasteiger partial charge in [-0.25, -0.2) is 4.79 Å². The summed E-state index contributed by atoms with van der Waals surface area (Å²) >= 11 is 0. The number of carbonyl (C=O) groups excluding carboxylic acids is 1. The Morgan fingerprint density at radius 3 is 2.37 bits per heavy atom. The lowest BCUT2D eigenvalue weighted by Gasteiger charge is -2.08. The zero-order valence-corrected chi connectivity index (χ0v) is 10.3. The summed E-state index contributed by atoms with van der Waals surface area (Å²) in [4.78, 5) is 11.4. The zero-order valence-electron chi connectivity index (χ0n) is 10.3. The number of unbranched alkanes of at least 4 members (excludes halogenated alkanes) is 1. The van der Waals surface area contributed by atoms with Crippen molar-refractivity contribution in [3.05, 3.63) is 24.3 Å². The number of benzene rings is 1. The van der Waals surface area contributed by atoms with Crippen molar-refractivity contribution in [2.75, 3.05) is 17.6 Å². The lowest BCUT2D eigenvalue weighted by atomic mass is 10.2. The van der Waals surface area contributed by atoms with Crippen molar-refractivity contribution >= 4 is 17.4 Å². The maximum atomic E-state index is 11.9. The second-order valence-corrected chi connectivity index (χ2v) is 4.08. The van der Waals surface area contributed by atoms with Crippen LogP contribution in [0.1, 0.15) is 19.3 Å². The average molecular weight is 275 g/mol. The summed E-state index contributed by atoms with van der Waals surface area (Å²) in [5, 5.41) is 5.03. The van der Waals surface area contributed by atoms with E-state index >= 15 is 0 Å². The summed E-state index contributed by atoms with van der Waals surface area (Å²) in [5.74, 6) is 0. The van der Waals surface area contributed by atoms with Crippen molar-refractivity contribution in [1.29, 1.82) is 0 Å². The molecule has 0 aliphatic carbocycles. The van der Waals surface area contributed by atoms with Crippen LogP contribution >= 0.6 is 0 Å². The molecule has 1 aromatic carbocycles. The number of halogens is 3. The van der Waals surface area contributed by atoms with E-state index < -0.39 is 18.6 Å². The second-order valence-electron chi connectivity index (χ2n) is 4.08. The third-order valence-corrected chi connectivity index (χ3v) is 2.34. The van der Waals surface area contributed by atoms with Gasteiger partial charge in [0.2, 0.25) is 0 Å². The van der Waals surface area contributed by atoms with Gasteiger partial charge in [0, 0.05) is 24.3 Å². The van der Waals surface area contributed by atoms with E-state index in [-0.39, 0.29) is 19.4 Å². The molecule has 0 spiro atoms. The molecule has 4 N–H and O–H groups in total. The van der Waals surface area contributed by atoms with Crippen LogP contribution in [0.2, 0.25) is 0 Å². The van der Waals surface area contributed by atoms with Gasteiger partial charge < -0.3 is 16.4 Å². The highest BCUT2D eigenvalue weighted by molar-refractivity contribution is 5.89. The minimum atomic E-state index is -4.13. The smallest absolute Gasteiger partial charge is 0.389 e. The van der Waals surface area contributed by atoms with Crippen LogP contribution in [0.25, 0.3) is 0 Å². The number of urea groups is 1. The topological polar surface area (TPSA) is 67.1 Å². The Kier molecular flexibility index (Phi) is 5.47. The maximum absolute atomic E-state index is 11.9. The standard InChI is InChI=1S/C12H16F3N3O/c13-12(14,15)7-1-2-8-17-11(19)18-10-5-3-9(16)4-6-10/h3-6H,1-2,7-8,16H2,(H2,17,18,19). The number of anilines is 2. The number of rotatable bonds is 5. The van der Waals surface area contributed by atoms with E-state index in [1.165, 1.54) is 0 Å². The van der Waals surface area contributed by atoms with E-state index in [4.69, 9.17) is 5.73 Å². The molecular weight excluding hydrogens is 259 g/mol. The summed E-state index contributed by atoms with van der Waals surface area (Å²) in [5.41, 5.74) is 6.64. The normalized spacial score (nSPS) is 11.1. The Hall–Kier alpha value is -1.92. The summed E-state index contributed by atoms with van der Waals surface area (Å²) in [6, 6.07) is 6.10. The fourth-order valence-corrected chi connectivity index (χ4v) is 1.39. The number of hydrogen-bond donors (Lipinski definition) is 3. The first-order valence-electron chi connectivity index (χ1n) is 5.84. The molecule has 0 atom stereocenters. The van der Waals surface area contributed by atoms with Crippen LogP contribution in [-0.4, -0.2) is 18.8 Å². The molecule has 0 heterocycles. The Morgan fingerprint density at radius 2 is 1.79 bits per heavy atom. The monoisotopic (exact) mass is 275 g/mol. The third kappa shape index (κ3) is 7.17. The van der Waals surface area contributed by atoms with Crippen molar-refractivity contribution < 1.29 is 18.0 Å². The molecule has 19 heavy (non-hydrogen) atoms. The molecule has 0 fully saturated rings. The first-order chi connectivity index (χ1) is 8.87. The third-order valence-electron chi connectivity index (χ3n) is 2.34. The molecule has 0 saturated carbocycles. The molecule has 1 rings (SSSR count). The van der Waals surface area contributed by atoms with Crippen LogP contribution in [0.15, 0.2) is 24.3 Å². The van der Waals surface area contributed by atoms with Gasteiger partial charge in [0.1, 0.15) is 0 Å². The molecule has 0 unspecified atom stereocenters. The van der Waals surface area contributed by atoms with Crippen LogP contribution in [0.5, 0.6) is 0 Å². The molecule has 1 aromatic rings. The fourth-order valence-electron chi connectivity index (χ4n) is 1.39. The quantitative estimate of drug-likeness (QED) is 0.571. The number of nitrogen functional groups attached to an aromatic ring is 1. The SMILES string of the molecule is Nc1ccc(NC(=O)NCCCCC(F)(F)F)cc1. The van der Waals surface area contributed by atoms with Gasteiger partial charge in [0.05, 0.1) is 0 Å². The van der Waals surface area contributed by atoms with E-state index in [0.717, 1.165) is 0 Å². The van der Waals surface area contributed by atoms with Crippen molar-refractivity contribution in [2.45, 2.75) is 25.4 Å². The minimum Gasteiger partial charge on any atom is -0.399 e. The predicted molar refractivity (Wildman–Crippen MR) is 67.8 cm³/mol.